The van der Waals surface area contributed by atoms with Crippen LogP contribution in [0.2, 0.25) is 0 Å². The minimum absolute atomic E-state index is 0.462. The van der Waals surface area contributed by atoms with Crippen molar-refractivity contribution in [1.29, 1.82) is 0 Å². The third-order valence-electron chi connectivity index (χ3n) is 3.16. The molecule has 1 atom stereocenters. The summed E-state index contributed by atoms with van der Waals surface area (Å²) < 4.78 is 4.72. The van der Waals surface area contributed by atoms with Crippen LogP contribution in [0.15, 0.2) is 16.8 Å². The number of nitrogen functional groups attached to an aromatic ring is 1. The molecule has 2 aromatic rings. The van der Waals surface area contributed by atoms with E-state index in [1.165, 1.54) is 12.8 Å². The lowest BCUT2D eigenvalue weighted by molar-refractivity contribution is 0.315. The maximum absolute atomic E-state index is 5.78. The topological polar surface area (TPSA) is 77.0 Å². The van der Waals surface area contributed by atoms with Gasteiger partial charge in [0.25, 0.3) is 0 Å². The largest absolute Gasteiger partial charge is 0.397 e. The first-order chi connectivity index (χ1) is 7.75. The lowest BCUT2D eigenvalue weighted by Crippen LogP contribution is -2.17. The van der Waals surface area contributed by atoms with Crippen LogP contribution in [0, 0.1) is 5.92 Å². The maximum atomic E-state index is 5.78. The molecule has 84 valence electrons. The second-order valence-electron chi connectivity index (χ2n) is 4.43. The molecule has 1 heterocycles. The Morgan fingerprint density at radius 3 is 2.88 bits per heavy atom. The fourth-order valence-corrected chi connectivity index (χ4v) is 1.96. The molecule has 0 bridgehead atoms. The molecule has 0 aliphatic heterocycles. The lowest BCUT2D eigenvalue weighted by atomic mass is 10.2. The van der Waals surface area contributed by atoms with Crippen LogP contribution in [-0.2, 0) is 0 Å². The monoisotopic (exact) mass is 218 g/mol. The van der Waals surface area contributed by atoms with Crippen molar-refractivity contribution in [2.75, 3.05) is 11.1 Å². The standard InChI is InChI=1S/C11H14N4O/c1-6(7-2-3-7)13-9-5-4-8(12)10-11(9)15-16-14-10/h4-7,13H,2-3,12H2,1H3. The predicted octanol–water partition coefficient (Wildman–Crippen LogP) is 2.02. The Morgan fingerprint density at radius 2 is 2.12 bits per heavy atom. The average Bonchev–Trinajstić information content (AvgIpc) is 3.00. The highest BCUT2D eigenvalue weighted by molar-refractivity contribution is 5.95. The Bertz CT molecular complexity index is 518. The van der Waals surface area contributed by atoms with Gasteiger partial charge in [0.1, 0.15) is 0 Å². The van der Waals surface area contributed by atoms with Crippen LogP contribution in [0.4, 0.5) is 11.4 Å². The summed E-state index contributed by atoms with van der Waals surface area (Å²) in [5.74, 6) is 0.785. The van der Waals surface area contributed by atoms with E-state index in [2.05, 4.69) is 22.6 Å². The first-order valence-corrected chi connectivity index (χ1v) is 5.53. The molecule has 1 aliphatic carbocycles. The summed E-state index contributed by atoms with van der Waals surface area (Å²) in [5.41, 5.74) is 8.68. The van der Waals surface area contributed by atoms with Crippen molar-refractivity contribution in [2.45, 2.75) is 25.8 Å². The van der Waals surface area contributed by atoms with E-state index in [1.54, 1.807) is 0 Å². The molecule has 5 heteroatoms. The maximum Gasteiger partial charge on any atom is 0.160 e. The van der Waals surface area contributed by atoms with Crippen LogP contribution in [0.25, 0.3) is 11.0 Å². The molecule has 16 heavy (non-hydrogen) atoms. The van der Waals surface area contributed by atoms with Crippen molar-refractivity contribution >= 4 is 22.4 Å². The Labute approximate surface area is 93.0 Å². The lowest BCUT2D eigenvalue weighted by Gasteiger charge is -2.14. The molecule has 0 saturated heterocycles. The SMILES string of the molecule is CC(Nc1ccc(N)c2nonc12)C1CC1. The van der Waals surface area contributed by atoms with Gasteiger partial charge in [-0.15, -0.1) is 0 Å². The van der Waals surface area contributed by atoms with Gasteiger partial charge in [-0.25, -0.2) is 4.63 Å². The zero-order chi connectivity index (χ0) is 11.1. The molecule has 0 amide bonds. The molecular weight excluding hydrogens is 204 g/mol. The number of anilines is 2. The molecule has 0 spiro atoms. The number of hydrogen-bond acceptors (Lipinski definition) is 5. The van der Waals surface area contributed by atoms with E-state index in [0.29, 0.717) is 22.8 Å². The van der Waals surface area contributed by atoms with E-state index in [-0.39, 0.29) is 0 Å². The van der Waals surface area contributed by atoms with Gasteiger partial charge in [-0.3, -0.25) is 0 Å². The molecule has 5 nitrogen and oxygen atoms in total. The van der Waals surface area contributed by atoms with Crippen molar-refractivity contribution in [1.82, 2.24) is 10.3 Å². The van der Waals surface area contributed by atoms with E-state index >= 15 is 0 Å². The van der Waals surface area contributed by atoms with Crippen molar-refractivity contribution < 1.29 is 4.63 Å². The molecule has 1 saturated carbocycles. The van der Waals surface area contributed by atoms with Gasteiger partial charge in [-0.05, 0) is 48.1 Å². The van der Waals surface area contributed by atoms with E-state index in [9.17, 15) is 0 Å². The number of hydrogen-bond donors (Lipinski definition) is 2. The molecule has 3 N–H and O–H groups in total. The Morgan fingerprint density at radius 1 is 1.38 bits per heavy atom. The smallest absolute Gasteiger partial charge is 0.160 e. The fourth-order valence-electron chi connectivity index (χ4n) is 1.96. The van der Waals surface area contributed by atoms with Crippen LogP contribution < -0.4 is 11.1 Å². The van der Waals surface area contributed by atoms with Gasteiger partial charge in [0.2, 0.25) is 0 Å². The minimum Gasteiger partial charge on any atom is -0.397 e. The van der Waals surface area contributed by atoms with Crippen LogP contribution in [-0.4, -0.2) is 16.4 Å². The molecule has 1 unspecified atom stereocenters. The third kappa shape index (κ3) is 1.48. The van der Waals surface area contributed by atoms with Crippen molar-refractivity contribution in [3.05, 3.63) is 12.1 Å². The van der Waals surface area contributed by atoms with Crippen LogP contribution in [0.3, 0.4) is 0 Å². The van der Waals surface area contributed by atoms with Gasteiger partial charge < -0.3 is 11.1 Å². The van der Waals surface area contributed by atoms with E-state index in [0.717, 1.165) is 11.6 Å². The predicted molar refractivity (Wildman–Crippen MR) is 62.0 cm³/mol. The molecule has 3 rings (SSSR count). The van der Waals surface area contributed by atoms with Crippen molar-refractivity contribution in [3.63, 3.8) is 0 Å². The Kier molecular flexibility index (Phi) is 1.99. The van der Waals surface area contributed by atoms with E-state index in [1.807, 2.05) is 12.1 Å². The summed E-state index contributed by atoms with van der Waals surface area (Å²) in [6.07, 6.45) is 2.62. The summed E-state index contributed by atoms with van der Waals surface area (Å²) in [6.45, 7) is 2.19. The highest BCUT2D eigenvalue weighted by atomic mass is 16.6. The molecule has 1 aromatic carbocycles. The van der Waals surface area contributed by atoms with E-state index in [4.69, 9.17) is 10.4 Å². The van der Waals surface area contributed by atoms with Gasteiger partial charge in [0.05, 0.1) is 11.4 Å². The number of nitrogens with zero attached hydrogens (tertiary/aromatic N) is 2. The summed E-state index contributed by atoms with van der Waals surface area (Å²) in [7, 11) is 0. The minimum atomic E-state index is 0.462. The number of rotatable bonds is 3. The van der Waals surface area contributed by atoms with Crippen LogP contribution in [0.1, 0.15) is 19.8 Å². The zero-order valence-electron chi connectivity index (χ0n) is 9.10. The number of benzene rings is 1. The zero-order valence-corrected chi connectivity index (χ0v) is 9.10. The average molecular weight is 218 g/mol. The van der Waals surface area contributed by atoms with Crippen molar-refractivity contribution in [2.24, 2.45) is 5.92 Å². The van der Waals surface area contributed by atoms with Gasteiger partial charge >= 0.3 is 0 Å². The number of nitrogens with two attached hydrogens (primary N) is 1. The second-order valence-corrected chi connectivity index (χ2v) is 4.43. The van der Waals surface area contributed by atoms with Gasteiger partial charge in [0.15, 0.2) is 11.0 Å². The molecular formula is C11H14N4O. The molecule has 1 aliphatic rings. The van der Waals surface area contributed by atoms with E-state index < -0.39 is 0 Å². The third-order valence-corrected chi connectivity index (χ3v) is 3.16. The summed E-state index contributed by atoms with van der Waals surface area (Å²) in [5, 5.41) is 11.1. The normalized spacial score (nSPS) is 17.6. The first-order valence-electron chi connectivity index (χ1n) is 5.53. The fraction of sp³-hybridized carbons (Fsp3) is 0.455. The number of aromatic nitrogens is 2. The van der Waals surface area contributed by atoms with Crippen LogP contribution in [0.5, 0.6) is 0 Å². The summed E-state index contributed by atoms with van der Waals surface area (Å²) >= 11 is 0. The Hall–Kier alpha value is -1.78. The molecule has 1 aromatic heterocycles. The van der Waals surface area contributed by atoms with Gasteiger partial charge in [0, 0.05) is 6.04 Å². The van der Waals surface area contributed by atoms with Gasteiger partial charge in [-0.1, -0.05) is 0 Å². The summed E-state index contributed by atoms with van der Waals surface area (Å²) in [4.78, 5) is 0. The number of fused-ring (bicyclic) bond motifs is 1. The highest BCUT2D eigenvalue weighted by Gasteiger charge is 2.28. The highest BCUT2D eigenvalue weighted by Crippen LogP contribution is 2.35. The van der Waals surface area contributed by atoms with Crippen molar-refractivity contribution in [3.8, 4) is 0 Å². The number of nitrogens with one attached hydrogen (secondary N) is 1. The molecule has 0 radical (unpaired) electrons. The van der Waals surface area contributed by atoms with Crippen LogP contribution >= 0.6 is 0 Å². The second kappa shape index (κ2) is 3.37. The summed E-state index contributed by atoms with van der Waals surface area (Å²) in [6, 6.07) is 4.22. The quantitative estimate of drug-likeness (QED) is 0.770. The first kappa shape index (κ1) is 9.45. The molecule has 1 fully saturated rings. The Balaban J connectivity index is 1.96. The van der Waals surface area contributed by atoms with Gasteiger partial charge in [-0.2, -0.15) is 0 Å².